The van der Waals surface area contributed by atoms with Crippen LogP contribution in [0.5, 0.6) is 5.75 Å². The highest BCUT2D eigenvalue weighted by Gasteiger charge is 1.97. The summed E-state index contributed by atoms with van der Waals surface area (Å²) in [6.45, 7) is 0. The van der Waals surface area contributed by atoms with Gasteiger partial charge < -0.3 is 4.74 Å². The minimum Gasteiger partial charge on any atom is -0.497 e. The molecular weight excluding hydrogens is 218 g/mol. The van der Waals surface area contributed by atoms with Crippen LogP contribution in [-0.2, 0) is 14.4 Å². The molecule has 0 N–H and O–H groups in total. The third kappa shape index (κ3) is 4.46. The highest BCUT2D eigenvalue weighted by Crippen LogP contribution is 2.09. The van der Waals surface area contributed by atoms with Crippen LogP contribution in [0.4, 0.5) is 0 Å². The molecule has 1 aromatic carbocycles. The monoisotopic (exact) mass is 229 g/mol. The van der Waals surface area contributed by atoms with Gasteiger partial charge in [0.15, 0.2) is 0 Å². The molecule has 0 heterocycles. The normalized spacial score (nSPS) is 11.6. The Morgan fingerprint density at radius 3 is 2.33 bits per heavy atom. The zero-order chi connectivity index (χ0) is 11.3. The maximum absolute atomic E-state index is 10.6. The molecule has 0 aliphatic rings. The Bertz CT molecular complexity index is 436. The molecule has 0 radical (unpaired) electrons. The van der Waals surface area contributed by atoms with E-state index in [2.05, 4.69) is 9.44 Å². The summed E-state index contributed by atoms with van der Waals surface area (Å²) in [6, 6.07) is 6.94. The summed E-state index contributed by atoms with van der Waals surface area (Å²) in [7, 11) is -1.96. The Hall–Kier alpha value is -1.56. The molecule has 0 saturated carbocycles. The van der Waals surface area contributed by atoms with E-state index in [-0.39, 0.29) is 0 Å². The van der Waals surface area contributed by atoms with E-state index in [1.807, 2.05) is 0 Å². The molecule has 1 aromatic rings. The first-order chi connectivity index (χ1) is 7.01. The van der Waals surface area contributed by atoms with Crippen LogP contribution < -0.4 is 4.74 Å². The van der Waals surface area contributed by atoms with Crippen LogP contribution >= 0.6 is 0 Å². The summed E-state index contributed by atoms with van der Waals surface area (Å²) in [4.78, 5) is 0. The van der Waals surface area contributed by atoms with Gasteiger partial charge in [0.25, 0.3) is 0 Å². The van der Waals surface area contributed by atoms with Gasteiger partial charge in [-0.1, -0.05) is 5.16 Å². The lowest BCUT2D eigenvalue weighted by atomic mass is 10.2. The molecular formula is C9H11NO4S. The number of oxime groups is 1. The molecule has 0 amide bonds. The molecule has 0 fully saturated rings. The van der Waals surface area contributed by atoms with Crippen LogP contribution in [-0.4, -0.2) is 28.0 Å². The van der Waals surface area contributed by atoms with Gasteiger partial charge in [-0.2, -0.15) is 8.42 Å². The molecule has 0 aromatic heterocycles. The van der Waals surface area contributed by atoms with Gasteiger partial charge >= 0.3 is 10.1 Å². The lowest BCUT2D eigenvalue weighted by molar-refractivity contribution is 0.345. The maximum Gasteiger partial charge on any atom is 0.325 e. The van der Waals surface area contributed by atoms with Gasteiger partial charge in [-0.3, -0.25) is 4.28 Å². The molecule has 0 unspecified atom stereocenters. The first-order valence-corrected chi connectivity index (χ1v) is 5.89. The van der Waals surface area contributed by atoms with Crippen LogP contribution in [0.3, 0.4) is 0 Å². The molecule has 5 nitrogen and oxygen atoms in total. The summed E-state index contributed by atoms with van der Waals surface area (Å²) in [6.07, 6.45) is 2.23. The Morgan fingerprint density at radius 1 is 1.27 bits per heavy atom. The number of ether oxygens (including phenoxy) is 1. The molecule has 0 saturated heterocycles. The van der Waals surface area contributed by atoms with E-state index in [0.717, 1.165) is 17.6 Å². The number of rotatable bonds is 4. The van der Waals surface area contributed by atoms with Crippen molar-refractivity contribution in [3.05, 3.63) is 29.8 Å². The molecule has 0 spiro atoms. The van der Waals surface area contributed by atoms with E-state index in [1.54, 1.807) is 31.4 Å². The highest BCUT2D eigenvalue weighted by atomic mass is 32.2. The SMILES string of the molecule is COc1ccc(/C=N/OS(C)(=O)=O)cc1. The van der Waals surface area contributed by atoms with E-state index in [4.69, 9.17) is 4.74 Å². The van der Waals surface area contributed by atoms with Crippen molar-refractivity contribution in [1.29, 1.82) is 0 Å². The van der Waals surface area contributed by atoms with Crippen LogP contribution in [0.2, 0.25) is 0 Å². The molecule has 15 heavy (non-hydrogen) atoms. The highest BCUT2D eigenvalue weighted by molar-refractivity contribution is 7.85. The summed E-state index contributed by atoms with van der Waals surface area (Å²) >= 11 is 0. The third-order valence-electron chi connectivity index (χ3n) is 1.50. The fourth-order valence-electron chi connectivity index (χ4n) is 0.851. The first kappa shape index (κ1) is 11.5. The zero-order valence-corrected chi connectivity index (χ0v) is 9.19. The topological polar surface area (TPSA) is 65.0 Å². The largest absolute Gasteiger partial charge is 0.497 e. The maximum atomic E-state index is 10.6. The molecule has 82 valence electrons. The molecule has 0 bridgehead atoms. The van der Waals surface area contributed by atoms with Crippen molar-refractivity contribution in [2.24, 2.45) is 5.16 Å². The van der Waals surface area contributed by atoms with E-state index >= 15 is 0 Å². The number of nitrogens with zero attached hydrogens (tertiary/aromatic N) is 1. The van der Waals surface area contributed by atoms with Crippen molar-refractivity contribution in [3.8, 4) is 5.75 Å². The summed E-state index contributed by atoms with van der Waals surface area (Å²) in [5.74, 6) is 0.719. The number of methoxy groups -OCH3 is 1. The van der Waals surface area contributed by atoms with Crippen LogP contribution in [0.1, 0.15) is 5.56 Å². The van der Waals surface area contributed by atoms with Crippen molar-refractivity contribution >= 4 is 16.3 Å². The average molecular weight is 229 g/mol. The van der Waals surface area contributed by atoms with E-state index in [9.17, 15) is 8.42 Å². The third-order valence-corrected chi connectivity index (χ3v) is 1.85. The van der Waals surface area contributed by atoms with Gasteiger partial charge in [-0.25, -0.2) is 0 Å². The van der Waals surface area contributed by atoms with Crippen molar-refractivity contribution in [2.45, 2.75) is 0 Å². The molecule has 1 rings (SSSR count). The van der Waals surface area contributed by atoms with Crippen LogP contribution in [0.15, 0.2) is 29.4 Å². The van der Waals surface area contributed by atoms with E-state index < -0.39 is 10.1 Å². The van der Waals surface area contributed by atoms with E-state index in [0.29, 0.717) is 0 Å². The first-order valence-electron chi connectivity index (χ1n) is 4.07. The van der Waals surface area contributed by atoms with Crippen molar-refractivity contribution in [2.75, 3.05) is 13.4 Å². The minimum absolute atomic E-state index is 0.719. The Labute approximate surface area is 88.4 Å². The summed E-state index contributed by atoms with van der Waals surface area (Å²) in [5, 5.41) is 3.31. The van der Waals surface area contributed by atoms with Gasteiger partial charge in [0.05, 0.1) is 19.6 Å². The lowest BCUT2D eigenvalue weighted by Crippen LogP contribution is -1.97. The number of hydrogen-bond donors (Lipinski definition) is 0. The number of hydrogen-bond acceptors (Lipinski definition) is 5. The molecule has 0 atom stereocenters. The fourth-order valence-corrected chi connectivity index (χ4v) is 1.05. The minimum atomic E-state index is -3.53. The van der Waals surface area contributed by atoms with Crippen LogP contribution in [0, 0.1) is 0 Å². The van der Waals surface area contributed by atoms with Crippen molar-refractivity contribution < 1.29 is 17.4 Å². The Balaban J connectivity index is 2.65. The van der Waals surface area contributed by atoms with Crippen LogP contribution in [0.25, 0.3) is 0 Å². The average Bonchev–Trinajstić information content (AvgIpc) is 2.17. The smallest absolute Gasteiger partial charge is 0.325 e. The van der Waals surface area contributed by atoms with Gasteiger partial charge in [0.2, 0.25) is 0 Å². The fraction of sp³-hybridized carbons (Fsp3) is 0.222. The van der Waals surface area contributed by atoms with Gasteiger partial charge in [-0.05, 0) is 29.8 Å². The van der Waals surface area contributed by atoms with Gasteiger partial charge in [0.1, 0.15) is 5.75 Å². The second-order valence-corrected chi connectivity index (χ2v) is 4.34. The van der Waals surface area contributed by atoms with E-state index in [1.165, 1.54) is 6.21 Å². The standard InChI is InChI=1S/C9H11NO4S/c1-13-9-5-3-8(4-6-9)7-10-14-15(2,11)12/h3-7H,1-2H3/b10-7+. The Kier molecular flexibility index (Phi) is 3.68. The van der Waals surface area contributed by atoms with Gasteiger partial charge in [-0.15, -0.1) is 0 Å². The Morgan fingerprint density at radius 2 is 1.87 bits per heavy atom. The van der Waals surface area contributed by atoms with Gasteiger partial charge in [0, 0.05) is 0 Å². The quantitative estimate of drug-likeness (QED) is 0.571. The second-order valence-electron chi connectivity index (χ2n) is 2.79. The summed E-state index contributed by atoms with van der Waals surface area (Å²) in [5.41, 5.74) is 0.722. The predicted octanol–water partition coefficient (Wildman–Crippen LogP) is 1.01. The molecule has 6 heteroatoms. The molecule has 0 aliphatic carbocycles. The van der Waals surface area contributed by atoms with Crippen molar-refractivity contribution in [3.63, 3.8) is 0 Å². The number of benzene rings is 1. The zero-order valence-electron chi connectivity index (χ0n) is 8.38. The lowest BCUT2D eigenvalue weighted by Gasteiger charge is -1.98. The second kappa shape index (κ2) is 4.79. The predicted molar refractivity (Wildman–Crippen MR) is 56.5 cm³/mol. The molecule has 0 aliphatic heterocycles. The van der Waals surface area contributed by atoms with Crippen molar-refractivity contribution in [1.82, 2.24) is 0 Å². The summed E-state index contributed by atoms with van der Waals surface area (Å²) < 4.78 is 30.3.